The van der Waals surface area contributed by atoms with E-state index in [9.17, 15) is 13.2 Å². The van der Waals surface area contributed by atoms with E-state index >= 15 is 0 Å². The van der Waals surface area contributed by atoms with Gasteiger partial charge in [-0.25, -0.2) is 13.4 Å². The lowest BCUT2D eigenvalue weighted by Crippen LogP contribution is -2.23. The summed E-state index contributed by atoms with van der Waals surface area (Å²) >= 11 is 7.03. The maximum Gasteiger partial charge on any atom is 0.263 e. The number of nitrogens with one attached hydrogen (secondary N) is 2. The van der Waals surface area contributed by atoms with E-state index < -0.39 is 10.0 Å². The molecule has 1 amide bonds. The highest BCUT2D eigenvalue weighted by Gasteiger charge is 2.16. The van der Waals surface area contributed by atoms with Gasteiger partial charge in [-0.15, -0.1) is 11.3 Å². The Morgan fingerprint density at radius 2 is 1.79 bits per heavy atom. The van der Waals surface area contributed by atoms with E-state index in [1.165, 1.54) is 11.3 Å². The van der Waals surface area contributed by atoms with E-state index in [4.69, 9.17) is 11.6 Å². The van der Waals surface area contributed by atoms with Crippen molar-refractivity contribution in [3.05, 3.63) is 75.8 Å². The van der Waals surface area contributed by atoms with Gasteiger partial charge in [0.1, 0.15) is 0 Å². The van der Waals surface area contributed by atoms with Crippen molar-refractivity contribution >= 4 is 44.0 Å². The fraction of sp³-hybridized carbons (Fsp3) is 0.200. The Bertz CT molecular complexity index is 1080. The van der Waals surface area contributed by atoms with Crippen LogP contribution < -0.4 is 10.0 Å². The minimum atomic E-state index is -3.68. The zero-order valence-electron chi connectivity index (χ0n) is 15.7. The fourth-order valence-electron chi connectivity index (χ4n) is 2.49. The van der Waals surface area contributed by atoms with Crippen molar-refractivity contribution in [2.24, 2.45) is 0 Å². The van der Waals surface area contributed by atoms with Crippen LogP contribution in [0.2, 0.25) is 5.02 Å². The van der Waals surface area contributed by atoms with Crippen LogP contribution in [-0.2, 0) is 27.8 Å². The number of anilines is 1. The van der Waals surface area contributed by atoms with Crippen molar-refractivity contribution in [3.8, 4) is 0 Å². The van der Waals surface area contributed by atoms with E-state index in [1.807, 2.05) is 19.1 Å². The Kier molecular flexibility index (Phi) is 6.89. The lowest BCUT2D eigenvalue weighted by atomic mass is 10.2. The van der Waals surface area contributed by atoms with E-state index in [0.29, 0.717) is 23.7 Å². The topological polar surface area (TPSA) is 88.2 Å². The Morgan fingerprint density at radius 3 is 2.48 bits per heavy atom. The summed E-state index contributed by atoms with van der Waals surface area (Å²) in [6, 6.07) is 13.9. The van der Waals surface area contributed by atoms with Crippen molar-refractivity contribution in [3.63, 3.8) is 0 Å². The van der Waals surface area contributed by atoms with Gasteiger partial charge in [0.2, 0.25) is 5.91 Å². The van der Waals surface area contributed by atoms with Crippen LogP contribution in [0.25, 0.3) is 0 Å². The lowest BCUT2D eigenvalue weighted by Gasteiger charge is -2.05. The second-order valence-electron chi connectivity index (χ2n) is 6.47. The average molecular weight is 450 g/mol. The van der Waals surface area contributed by atoms with E-state index in [1.54, 1.807) is 41.8 Å². The standard InChI is InChI=1S/C20H20ClN3O3S2/c1-14-2-9-18(10-3-14)29(26,27)24-20-23-17(13-28-20)8-11-19(25)22-12-15-4-6-16(21)7-5-15/h2-7,9-10,13H,8,11-12H2,1H3,(H,22,25)(H,23,24). The number of carbonyl (C=O) groups is 1. The number of rotatable bonds is 8. The molecule has 0 saturated carbocycles. The summed E-state index contributed by atoms with van der Waals surface area (Å²) in [4.78, 5) is 16.5. The molecule has 0 bridgehead atoms. The number of benzene rings is 2. The van der Waals surface area contributed by atoms with Crippen molar-refractivity contribution < 1.29 is 13.2 Å². The highest BCUT2D eigenvalue weighted by molar-refractivity contribution is 7.93. The van der Waals surface area contributed by atoms with Gasteiger partial charge < -0.3 is 5.32 Å². The SMILES string of the molecule is Cc1ccc(S(=O)(=O)Nc2nc(CCC(=O)NCc3ccc(Cl)cc3)cs2)cc1. The van der Waals surface area contributed by atoms with Crippen LogP contribution in [0.15, 0.2) is 58.8 Å². The molecule has 9 heteroatoms. The molecular formula is C20H20ClN3O3S2. The summed E-state index contributed by atoms with van der Waals surface area (Å²) in [5.74, 6) is -0.102. The summed E-state index contributed by atoms with van der Waals surface area (Å²) in [6.07, 6.45) is 0.691. The van der Waals surface area contributed by atoms with E-state index in [0.717, 1.165) is 11.1 Å². The number of hydrogen-bond acceptors (Lipinski definition) is 5. The number of carbonyl (C=O) groups excluding carboxylic acids is 1. The number of aryl methyl sites for hydroxylation is 2. The first-order chi connectivity index (χ1) is 13.8. The zero-order chi connectivity index (χ0) is 20.9. The Labute approximate surface area is 179 Å². The molecule has 0 aliphatic carbocycles. The third kappa shape index (κ3) is 6.28. The molecule has 29 heavy (non-hydrogen) atoms. The quantitative estimate of drug-likeness (QED) is 0.540. The Hall–Kier alpha value is -2.42. The molecule has 3 aromatic rings. The van der Waals surface area contributed by atoms with Gasteiger partial charge in [-0.3, -0.25) is 9.52 Å². The van der Waals surface area contributed by atoms with E-state index in [2.05, 4.69) is 15.0 Å². The smallest absolute Gasteiger partial charge is 0.263 e. The second-order valence-corrected chi connectivity index (χ2v) is 9.44. The van der Waals surface area contributed by atoms with Gasteiger partial charge in [0.05, 0.1) is 10.6 Å². The summed E-state index contributed by atoms with van der Waals surface area (Å²) in [6.45, 7) is 2.32. The Morgan fingerprint density at radius 1 is 1.10 bits per heavy atom. The minimum Gasteiger partial charge on any atom is -0.352 e. The molecule has 6 nitrogen and oxygen atoms in total. The van der Waals surface area contributed by atoms with Gasteiger partial charge in [0, 0.05) is 23.4 Å². The summed E-state index contributed by atoms with van der Waals surface area (Å²) in [5.41, 5.74) is 2.61. The number of aromatic nitrogens is 1. The molecular weight excluding hydrogens is 430 g/mol. The first-order valence-corrected chi connectivity index (χ1v) is 11.6. The van der Waals surface area contributed by atoms with Crippen LogP contribution in [0, 0.1) is 6.92 Å². The van der Waals surface area contributed by atoms with Crippen LogP contribution in [0.4, 0.5) is 5.13 Å². The number of sulfonamides is 1. The molecule has 0 aliphatic rings. The summed E-state index contributed by atoms with van der Waals surface area (Å²) < 4.78 is 27.3. The third-order valence-corrected chi connectivity index (χ3v) is 6.66. The van der Waals surface area contributed by atoms with Crippen LogP contribution >= 0.6 is 22.9 Å². The lowest BCUT2D eigenvalue weighted by molar-refractivity contribution is -0.121. The molecule has 0 atom stereocenters. The molecule has 3 rings (SSSR count). The highest BCUT2D eigenvalue weighted by Crippen LogP contribution is 2.21. The van der Waals surface area contributed by atoms with Crippen molar-refractivity contribution in [1.29, 1.82) is 0 Å². The third-order valence-electron chi connectivity index (χ3n) is 4.12. The van der Waals surface area contributed by atoms with Crippen LogP contribution in [-0.4, -0.2) is 19.3 Å². The average Bonchev–Trinajstić information content (AvgIpc) is 3.13. The highest BCUT2D eigenvalue weighted by atomic mass is 35.5. The van der Waals surface area contributed by atoms with Gasteiger partial charge in [-0.05, 0) is 43.2 Å². The first-order valence-electron chi connectivity index (χ1n) is 8.87. The zero-order valence-corrected chi connectivity index (χ0v) is 18.1. The molecule has 2 aromatic carbocycles. The van der Waals surface area contributed by atoms with Crippen LogP contribution in [0.3, 0.4) is 0 Å². The number of hydrogen-bond donors (Lipinski definition) is 2. The second kappa shape index (κ2) is 9.39. The van der Waals surface area contributed by atoms with E-state index in [-0.39, 0.29) is 22.4 Å². The Balaban J connectivity index is 1.50. The molecule has 152 valence electrons. The molecule has 0 fully saturated rings. The van der Waals surface area contributed by atoms with Gasteiger partial charge in [-0.1, -0.05) is 41.4 Å². The number of halogens is 1. The van der Waals surface area contributed by atoms with Crippen LogP contribution in [0.5, 0.6) is 0 Å². The van der Waals surface area contributed by atoms with Crippen molar-refractivity contribution in [2.45, 2.75) is 31.2 Å². The minimum absolute atomic E-state index is 0.102. The maximum atomic E-state index is 12.4. The molecule has 2 N–H and O–H groups in total. The molecule has 0 unspecified atom stereocenters. The fourth-order valence-corrected chi connectivity index (χ4v) is 4.62. The molecule has 0 radical (unpaired) electrons. The van der Waals surface area contributed by atoms with Gasteiger partial charge in [0.25, 0.3) is 10.0 Å². The maximum absolute atomic E-state index is 12.4. The molecule has 0 aliphatic heterocycles. The summed E-state index contributed by atoms with van der Waals surface area (Å²) in [7, 11) is -3.68. The number of amides is 1. The molecule has 0 saturated heterocycles. The summed E-state index contributed by atoms with van der Waals surface area (Å²) in [5, 5.41) is 5.52. The number of thiazole rings is 1. The molecule has 0 spiro atoms. The predicted molar refractivity (Wildman–Crippen MR) is 116 cm³/mol. The van der Waals surface area contributed by atoms with Gasteiger partial charge in [-0.2, -0.15) is 0 Å². The largest absolute Gasteiger partial charge is 0.352 e. The monoisotopic (exact) mass is 449 g/mol. The first kappa shape index (κ1) is 21.3. The van der Waals surface area contributed by atoms with Crippen molar-refractivity contribution in [2.75, 3.05) is 4.72 Å². The predicted octanol–water partition coefficient (Wildman–Crippen LogP) is 4.15. The normalized spacial score (nSPS) is 11.2. The van der Waals surface area contributed by atoms with Gasteiger partial charge >= 0.3 is 0 Å². The molecule has 1 aromatic heterocycles. The van der Waals surface area contributed by atoms with Crippen molar-refractivity contribution in [1.82, 2.24) is 10.3 Å². The van der Waals surface area contributed by atoms with Gasteiger partial charge in [0.15, 0.2) is 5.13 Å². The number of nitrogens with zero attached hydrogens (tertiary/aromatic N) is 1. The molecule has 1 heterocycles. The van der Waals surface area contributed by atoms with Crippen LogP contribution in [0.1, 0.15) is 23.2 Å².